The van der Waals surface area contributed by atoms with E-state index in [9.17, 15) is 4.79 Å². The zero-order valence-electron chi connectivity index (χ0n) is 13.8. The third-order valence-electron chi connectivity index (χ3n) is 5.31. The second-order valence-electron chi connectivity index (χ2n) is 6.87. The first-order valence-corrected chi connectivity index (χ1v) is 9.24. The Morgan fingerprint density at radius 2 is 1.75 bits per heavy atom. The first kappa shape index (κ1) is 15.7. The Hall–Kier alpha value is -1.81. The van der Waals surface area contributed by atoms with Gasteiger partial charge in [-0.05, 0) is 42.2 Å². The summed E-state index contributed by atoms with van der Waals surface area (Å²) >= 11 is 3.48. The van der Waals surface area contributed by atoms with E-state index in [4.69, 9.17) is 0 Å². The lowest BCUT2D eigenvalue weighted by molar-refractivity contribution is -0.134. The summed E-state index contributed by atoms with van der Waals surface area (Å²) in [5, 5.41) is 0. The van der Waals surface area contributed by atoms with E-state index in [0.717, 1.165) is 36.0 Å². The third-order valence-corrected chi connectivity index (χ3v) is 5.84. The number of amides is 1. The van der Waals surface area contributed by atoms with Crippen molar-refractivity contribution in [2.24, 2.45) is 0 Å². The van der Waals surface area contributed by atoms with Crippen LogP contribution in [0.3, 0.4) is 0 Å². The number of likely N-dealkylation sites (N-methyl/N-ethyl adjacent to an activating group) is 1. The number of hydrogen-bond donors (Lipinski definition) is 0. The number of nitrogens with zero attached hydrogens (tertiary/aromatic N) is 2. The van der Waals surface area contributed by atoms with Crippen LogP contribution in [-0.4, -0.2) is 30.9 Å². The second-order valence-corrected chi connectivity index (χ2v) is 7.78. The van der Waals surface area contributed by atoms with Gasteiger partial charge in [0.1, 0.15) is 0 Å². The van der Waals surface area contributed by atoms with E-state index >= 15 is 0 Å². The molecule has 0 radical (unpaired) electrons. The molecule has 2 aromatic carbocycles. The Morgan fingerprint density at radius 1 is 1.04 bits per heavy atom. The zero-order valence-corrected chi connectivity index (χ0v) is 15.4. The van der Waals surface area contributed by atoms with Gasteiger partial charge < -0.3 is 9.80 Å². The molecule has 124 valence electrons. The van der Waals surface area contributed by atoms with Gasteiger partial charge in [0.15, 0.2) is 0 Å². The number of fused-ring (bicyclic) bond motifs is 1. The summed E-state index contributed by atoms with van der Waals surface area (Å²) in [4.78, 5) is 17.6. The summed E-state index contributed by atoms with van der Waals surface area (Å²) in [5.74, 6) is 0.287. The average Bonchev–Trinajstić information content (AvgIpc) is 3.41. The van der Waals surface area contributed by atoms with Gasteiger partial charge in [0.2, 0.25) is 5.91 Å². The molecule has 2 aliphatic rings. The minimum Gasteiger partial charge on any atom is -0.373 e. The normalized spacial score (nSPS) is 18.8. The van der Waals surface area contributed by atoms with Crippen LogP contribution in [0.5, 0.6) is 0 Å². The minimum absolute atomic E-state index is 0.287. The van der Waals surface area contributed by atoms with Gasteiger partial charge in [-0.1, -0.05) is 46.3 Å². The SMILES string of the molecule is CN1CCN(C(=O)C2(c3ccc(Br)cc3)CC2)Cc2ccccc21. The van der Waals surface area contributed by atoms with Crippen molar-refractivity contribution >= 4 is 27.5 Å². The van der Waals surface area contributed by atoms with E-state index in [2.05, 4.69) is 69.2 Å². The Morgan fingerprint density at radius 3 is 2.46 bits per heavy atom. The van der Waals surface area contributed by atoms with Gasteiger partial charge in [-0.3, -0.25) is 4.79 Å². The van der Waals surface area contributed by atoms with Crippen LogP contribution in [0.1, 0.15) is 24.0 Å². The summed E-state index contributed by atoms with van der Waals surface area (Å²) in [7, 11) is 2.11. The predicted octanol–water partition coefficient (Wildman–Crippen LogP) is 3.96. The number of anilines is 1. The van der Waals surface area contributed by atoms with Crippen molar-refractivity contribution in [1.29, 1.82) is 0 Å². The van der Waals surface area contributed by atoms with Crippen molar-refractivity contribution in [1.82, 2.24) is 4.90 Å². The molecular weight excluding hydrogens is 364 g/mol. The molecule has 24 heavy (non-hydrogen) atoms. The maximum absolute atomic E-state index is 13.3. The average molecular weight is 385 g/mol. The van der Waals surface area contributed by atoms with E-state index in [1.807, 2.05) is 12.1 Å². The van der Waals surface area contributed by atoms with Crippen molar-refractivity contribution in [3.05, 3.63) is 64.1 Å². The van der Waals surface area contributed by atoms with Gasteiger partial charge >= 0.3 is 0 Å². The van der Waals surface area contributed by atoms with Gasteiger partial charge in [0, 0.05) is 36.8 Å². The minimum atomic E-state index is -0.293. The molecule has 0 aromatic heterocycles. The van der Waals surface area contributed by atoms with Gasteiger partial charge in [-0.15, -0.1) is 0 Å². The Bertz CT molecular complexity index is 767. The zero-order chi connectivity index (χ0) is 16.7. The maximum Gasteiger partial charge on any atom is 0.233 e. The molecular formula is C20H21BrN2O. The standard InChI is InChI=1S/C20H21BrN2O/c1-22-12-13-23(14-15-4-2-3-5-18(15)22)19(24)20(10-11-20)16-6-8-17(21)9-7-16/h2-9H,10-14H2,1H3. The lowest BCUT2D eigenvalue weighted by atomic mass is 9.94. The predicted molar refractivity (Wildman–Crippen MR) is 100 cm³/mol. The lowest BCUT2D eigenvalue weighted by Crippen LogP contribution is -2.41. The summed E-state index contributed by atoms with van der Waals surface area (Å²) in [5.41, 5.74) is 3.33. The molecule has 1 fully saturated rings. The Balaban J connectivity index is 1.62. The summed E-state index contributed by atoms with van der Waals surface area (Å²) in [6, 6.07) is 16.7. The van der Waals surface area contributed by atoms with Crippen molar-refractivity contribution in [2.75, 3.05) is 25.0 Å². The molecule has 0 saturated heterocycles. The maximum atomic E-state index is 13.3. The van der Waals surface area contributed by atoms with E-state index in [1.165, 1.54) is 11.3 Å². The van der Waals surface area contributed by atoms with Gasteiger partial charge in [0.05, 0.1) is 5.41 Å². The Kier molecular flexibility index (Phi) is 3.87. The van der Waals surface area contributed by atoms with Crippen LogP contribution >= 0.6 is 15.9 Å². The lowest BCUT2D eigenvalue weighted by Gasteiger charge is -2.26. The van der Waals surface area contributed by atoms with Crippen LogP contribution < -0.4 is 4.90 Å². The fraction of sp³-hybridized carbons (Fsp3) is 0.350. The number of rotatable bonds is 2. The summed E-state index contributed by atoms with van der Waals surface area (Å²) < 4.78 is 1.06. The summed E-state index contributed by atoms with van der Waals surface area (Å²) in [6.45, 7) is 2.36. The first-order valence-electron chi connectivity index (χ1n) is 8.45. The molecule has 4 rings (SSSR count). The number of benzene rings is 2. The smallest absolute Gasteiger partial charge is 0.233 e. The van der Waals surface area contributed by atoms with Crippen LogP contribution in [-0.2, 0) is 16.8 Å². The van der Waals surface area contributed by atoms with Crippen molar-refractivity contribution < 1.29 is 4.79 Å². The van der Waals surface area contributed by atoms with E-state index in [0.29, 0.717) is 6.54 Å². The fourth-order valence-electron chi connectivity index (χ4n) is 3.69. The van der Waals surface area contributed by atoms with Crippen molar-refractivity contribution in [2.45, 2.75) is 24.8 Å². The highest BCUT2D eigenvalue weighted by atomic mass is 79.9. The largest absolute Gasteiger partial charge is 0.373 e. The highest BCUT2D eigenvalue weighted by Crippen LogP contribution is 2.50. The molecule has 1 heterocycles. The van der Waals surface area contributed by atoms with Crippen LogP contribution in [0.4, 0.5) is 5.69 Å². The molecule has 1 aliphatic heterocycles. The van der Waals surface area contributed by atoms with E-state index in [1.54, 1.807) is 0 Å². The second kappa shape index (κ2) is 5.92. The monoisotopic (exact) mass is 384 g/mol. The molecule has 3 nitrogen and oxygen atoms in total. The van der Waals surface area contributed by atoms with E-state index in [-0.39, 0.29) is 11.3 Å². The number of carbonyl (C=O) groups excluding carboxylic acids is 1. The fourth-order valence-corrected chi connectivity index (χ4v) is 3.95. The Labute approximate surface area is 151 Å². The van der Waals surface area contributed by atoms with Crippen LogP contribution in [0.25, 0.3) is 0 Å². The van der Waals surface area contributed by atoms with Crippen LogP contribution in [0, 0.1) is 0 Å². The molecule has 2 aromatic rings. The number of hydrogen-bond acceptors (Lipinski definition) is 2. The van der Waals surface area contributed by atoms with Crippen molar-refractivity contribution in [3.63, 3.8) is 0 Å². The van der Waals surface area contributed by atoms with Gasteiger partial charge in [0.25, 0.3) is 0 Å². The molecule has 4 heteroatoms. The number of carbonyl (C=O) groups is 1. The van der Waals surface area contributed by atoms with Crippen LogP contribution in [0.2, 0.25) is 0 Å². The number of para-hydroxylation sites is 1. The summed E-state index contributed by atoms with van der Waals surface area (Å²) in [6.07, 6.45) is 1.92. The van der Waals surface area contributed by atoms with Gasteiger partial charge in [-0.25, -0.2) is 0 Å². The topological polar surface area (TPSA) is 23.6 Å². The molecule has 0 bridgehead atoms. The molecule has 0 atom stereocenters. The molecule has 1 aliphatic carbocycles. The highest BCUT2D eigenvalue weighted by molar-refractivity contribution is 9.10. The number of halogens is 1. The third kappa shape index (κ3) is 2.63. The first-order chi connectivity index (χ1) is 11.6. The molecule has 0 N–H and O–H groups in total. The van der Waals surface area contributed by atoms with Gasteiger partial charge in [-0.2, -0.15) is 0 Å². The van der Waals surface area contributed by atoms with Crippen molar-refractivity contribution in [3.8, 4) is 0 Å². The molecule has 1 saturated carbocycles. The molecule has 1 amide bonds. The highest BCUT2D eigenvalue weighted by Gasteiger charge is 2.53. The van der Waals surface area contributed by atoms with E-state index < -0.39 is 0 Å². The quantitative estimate of drug-likeness (QED) is 0.782. The molecule has 0 spiro atoms. The molecule has 0 unspecified atom stereocenters. The van der Waals surface area contributed by atoms with Crippen LogP contribution in [0.15, 0.2) is 53.0 Å².